The number of ether oxygens (including phenoxy) is 1. The molecular formula is C8H14N2O. The molecule has 0 aromatic heterocycles. The zero-order valence-corrected chi connectivity index (χ0v) is 7.16. The first-order valence-corrected chi connectivity index (χ1v) is 3.79. The van der Waals surface area contributed by atoms with Gasteiger partial charge in [-0.25, -0.2) is 0 Å². The second kappa shape index (κ2) is 3.42. The van der Waals surface area contributed by atoms with Gasteiger partial charge in [-0.2, -0.15) is 0 Å². The predicted molar refractivity (Wildman–Crippen MR) is 45.3 cm³/mol. The summed E-state index contributed by atoms with van der Waals surface area (Å²) in [5.41, 5.74) is 3.00. The molecule has 3 heteroatoms. The third kappa shape index (κ3) is 1.97. The van der Waals surface area contributed by atoms with E-state index in [9.17, 15) is 0 Å². The number of nitrogens with zero attached hydrogens (tertiary/aromatic N) is 1. The lowest BCUT2D eigenvalue weighted by atomic mass is 10.0. The average molecular weight is 154 g/mol. The molecule has 1 rings (SSSR count). The zero-order chi connectivity index (χ0) is 8.27. The molecule has 1 N–H and O–H groups in total. The van der Waals surface area contributed by atoms with Crippen molar-refractivity contribution >= 4 is 5.90 Å². The molecule has 0 aromatic carbocycles. The fourth-order valence-electron chi connectivity index (χ4n) is 0.889. The van der Waals surface area contributed by atoms with Gasteiger partial charge in [-0.1, -0.05) is 19.9 Å². The third-order valence-corrected chi connectivity index (χ3v) is 1.70. The number of nitrogens with one attached hydrogen (secondary N) is 1. The molecule has 0 radical (unpaired) electrons. The molecule has 0 amide bonds. The van der Waals surface area contributed by atoms with E-state index in [0.717, 1.165) is 0 Å². The standard InChI is InChI=1S/C8H14N2O/c1-6(2)7-4-5-8(11-3)10-9-7/h4-7,9H,1-3H3. The van der Waals surface area contributed by atoms with Crippen molar-refractivity contribution in [2.75, 3.05) is 7.11 Å². The fraction of sp³-hybridized carbons (Fsp3) is 0.625. The Hall–Kier alpha value is -0.990. The largest absolute Gasteiger partial charge is 0.480 e. The quantitative estimate of drug-likeness (QED) is 0.614. The van der Waals surface area contributed by atoms with E-state index in [1.807, 2.05) is 6.08 Å². The van der Waals surface area contributed by atoms with Crippen LogP contribution in [0, 0.1) is 5.92 Å². The van der Waals surface area contributed by atoms with Crippen LogP contribution in [-0.2, 0) is 4.74 Å². The van der Waals surface area contributed by atoms with Crippen molar-refractivity contribution in [2.45, 2.75) is 19.9 Å². The smallest absolute Gasteiger partial charge is 0.230 e. The Morgan fingerprint density at radius 1 is 1.64 bits per heavy atom. The average Bonchev–Trinajstić information content (AvgIpc) is 2.05. The highest BCUT2D eigenvalue weighted by atomic mass is 16.5. The molecule has 11 heavy (non-hydrogen) atoms. The van der Waals surface area contributed by atoms with Crippen molar-refractivity contribution in [3.63, 3.8) is 0 Å². The summed E-state index contributed by atoms with van der Waals surface area (Å²) in [6.07, 6.45) is 3.96. The molecule has 3 nitrogen and oxygen atoms in total. The van der Waals surface area contributed by atoms with Crippen LogP contribution in [-0.4, -0.2) is 19.0 Å². The number of hydrogen-bond donors (Lipinski definition) is 1. The molecule has 1 aliphatic rings. The minimum Gasteiger partial charge on any atom is -0.480 e. The SMILES string of the molecule is COC1=NNC(C(C)C)C=C1. The molecule has 1 heterocycles. The molecule has 0 fully saturated rings. The highest BCUT2D eigenvalue weighted by molar-refractivity contribution is 5.88. The molecule has 0 bridgehead atoms. The van der Waals surface area contributed by atoms with Crippen LogP contribution >= 0.6 is 0 Å². The van der Waals surface area contributed by atoms with Crippen LogP contribution in [0.2, 0.25) is 0 Å². The lowest BCUT2D eigenvalue weighted by molar-refractivity contribution is 0.385. The van der Waals surface area contributed by atoms with Gasteiger partial charge in [0.1, 0.15) is 0 Å². The van der Waals surface area contributed by atoms with E-state index in [1.54, 1.807) is 7.11 Å². The summed E-state index contributed by atoms with van der Waals surface area (Å²) in [5, 5.41) is 4.01. The second-order valence-electron chi connectivity index (χ2n) is 2.91. The normalized spacial score (nSPS) is 22.9. The van der Waals surface area contributed by atoms with Crippen molar-refractivity contribution in [2.24, 2.45) is 11.0 Å². The molecule has 0 spiro atoms. The minimum atomic E-state index is 0.342. The minimum absolute atomic E-state index is 0.342. The van der Waals surface area contributed by atoms with E-state index < -0.39 is 0 Å². The van der Waals surface area contributed by atoms with Gasteiger partial charge in [0.2, 0.25) is 5.90 Å². The highest BCUT2D eigenvalue weighted by Gasteiger charge is 2.11. The first kappa shape index (κ1) is 8.11. The lowest BCUT2D eigenvalue weighted by Crippen LogP contribution is -2.31. The van der Waals surface area contributed by atoms with Crippen LogP contribution in [0.15, 0.2) is 17.3 Å². The van der Waals surface area contributed by atoms with Crippen molar-refractivity contribution in [3.8, 4) is 0 Å². The monoisotopic (exact) mass is 154 g/mol. The van der Waals surface area contributed by atoms with Crippen LogP contribution in [0.25, 0.3) is 0 Å². The van der Waals surface area contributed by atoms with Gasteiger partial charge in [0, 0.05) is 0 Å². The Morgan fingerprint density at radius 2 is 2.36 bits per heavy atom. The summed E-state index contributed by atoms with van der Waals surface area (Å²) in [7, 11) is 1.61. The van der Waals surface area contributed by atoms with E-state index in [2.05, 4.69) is 30.5 Å². The lowest BCUT2D eigenvalue weighted by Gasteiger charge is -2.19. The van der Waals surface area contributed by atoms with E-state index in [1.165, 1.54) is 0 Å². The maximum absolute atomic E-state index is 4.92. The first-order chi connectivity index (χ1) is 5.24. The maximum atomic E-state index is 4.92. The second-order valence-corrected chi connectivity index (χ2v) is 2.91. The molecule has 0 saturated heterocycles. The van der Waals surface area contributed by atoms with Gasteiger partial charge in [-0.3, -0.25) is 5.43 Å². The molecule has 0 saturated carbocycles. The Morgan fingerprint density at radius 3 is 2.73 bits per heavy atom. The molecule has 62 valence electrons. The van der Waals surface area contributed by atoms with E-state index >= 15 is 0 Å². The van der Waals surface area contributed by atoms with Gasteiger partial charge in [-0.15, -0.1) is 5.10 Å². The van der Waals surface area contributed by atoms with Crippen molar-refractivity contribution < 1.29 is 4.74 Å². The molecule has 1 atom stereocenters. The van der Waals surface area contributed by atoms with Gasteiger partial charge in [0.05, 0.1) is 13.2 Å². The van der Waals surface area contributed by atoms with Gasteiger partial charge in [0.15, 0.2) is 0 Å². The Labute approximate surface area is 67.1 Å². The Bertz CT molecular complexity index is 185. The Kier molecular flexibility index (Phi) is 2.52. The van der Waals surface area contributed by atoms with E-state index in [4.69, 9.17) is 4.74 Å². The van der Waals surface area contributed by atoms with Gasteiger partial charge < -0.3 is 4.74 Å². The summed E-state index contributed by atoms with van der Waals surface area (Å²) < 4.78 is 4.92. The highest BCUT2D eigenvalue weighted by Crippen LogP contribution is 2.06. The summed E-state index contributed by atoms with van der Waals surface area (Å²) in [4.78, 5) is 0. The van der Waals surface area contributed by atoms with Gasteiger partial charge in [0.25, 0.3) is 0 Å². The molecule has 0 aliphatic carbocycles. The zero-order valence-electron chi connectivity index (χ0n) is 7.16. The number of hydrogen-bond acceptors (Lipinski definition) is 3. The van der Waals surface area contributed by atoms with Gasteiger partial charge in [-0.05, 0) is 12.0 Å². The molecule has 1 unspecified atom stereocenters. The van der Waals surface area contributed by atoms with E-state index in [0.29, 0.717) is 17.9 Å². The molecular weight excluding hydrogens is 140 g/mol. The van der Waals surface area contributed by atoms with Crippen molar-refractivity contribution in [3.05, 3.63) is 12.2 Å². The maximum Gasteiger partial charge on any atom is 0.230 e. The predicted octanol–water partition coefficient (Wildman–Crippen LogP) is 1.13. The van der Waals surface area contributed by atoms with Crippen molar-refractivity contribution in [1.29, 1.82) is 0 Å². The van der Waals surface area contributed by atoms with Crippen LogP contribution in [0.5, 0.6) is 0 Å². The van der Waals surface area contributed by atoms with Crippen LogP contribution in [0.1, 0.15) is 13.8 Å². The number of rotatable bonds is 1. The number of methoxy groups -OCH3 is 1. The van der Waals surface area contributed by atoms with Crippen LogP contribution < -0.4 is 5.43 Å². The third-order valence-electron chi connectivity index (χ3n) is 1.70. The first-order valence-electron chi connectivity index (χ1n) is 3.79. The molecule has 1 aliphatic heterocycles. The summed E-state index contributed by atoms with van der Waals surface area (Å²) in [6.45, 7) is 4.30. The van der Waals surface area contributed by atoms with Crippen LogP contribution in [0.4, 0.5) is 0 Å². The topological polar surface area (TPSA) is 33.6 Å². The van der Waals surface area contributed by atoms with Gasteiger partial charge >= 0.3 is 0 Å². The summed E-state index contributed by atoms with van der Waals surface area (Å²) in [6, 6.07) is 0.342. The summed E-state index contributed by atoms with van der Waals surface area (Å²) in [5.74, 6) is 1.20. The van der Waals surface area contributed by atoms with Crippen LogP contribution in [0.3, 0.4) is 0 Å². The fourth-order valence-corrected chi connectivity index (χ4v) is 0.889. The number of hydrazone groups is 1. The molecule has 0 aromatic rings. The van der Waals surface area contributed by atoms with E-state index in [-0.39, 0.29) is 0 Å². The Balaban J connectivity index is 2.50. The van der Waals surface area contributed by atoms with Crippen molar-refractivity contribution in [1.82, 2.24) is 5.43 Å². The summed E-state index contributed by atoms with van der Waals surface area (Å²) >= 11 is 0.